The van der Waals surface area contributed by atoms with Crippen molar-refractivity contribution >= 4 is 21.9 Å². The summed E-state index contributed by atoms with van der Waals surface area (Å²) in [5.74, 6) is -1.26. The smallest absolute Gasteiger partial charge is 0.219 e. The van der Waals surface area contributed by atoms with Crippen molar-refractivity contribution in [3.05, 3.63) is 114 Å². The molecular weight excluding hydrogens is 459 g/mol. The zero-order chi connectivity index (χ0) is 29.9. The second-order valence-electron chi connectivity index (χ2n) is 8.99. The van der Waals surface area contributed by atoms with E-state index in [1.165, 1.54) is 11.6 Å². The molecule has 6 rings (SSSR count). The summed E-state index contributed by atoms with van der Waals surface area (Å²) in [6, 6.07) is 26.7. The van der Waals surface area contributed by atoms with E-state index in [9.17, 15) is 5.26 Å². The molecule has 0 fully saturated rings. The molecule has 0 radical (unpaired) electrons. The van der Waals surface area contributed by atoms with Crippen LogP contribution in [0.4, 0.5) is 4.39 Å². The maximum Gasteiger partial charge on any atom is 0.219 e. The summed E-state index contributed by atoms with van der Waals surface area (Å²) in [5.41, 5.74) is 4.97. The lowest BCUT2D eigenvalue weighted by Crippen LogP contribution is -2.31. The molecule has 0 N–H and O–H groups in total. The van der Waals surface area contributed by atoms with Gasteiger partial charge >= 0.3 is 0 Å². The predicted octanol–water partition coefficient (Wildman–Crippen LogP) is 8.04. The molecule has 2 aromatic heterocycles. The van der Waals surface area contributed by atoms with E-state index in [4.69, 9.17) is 11.3 Å². The predicted molar refractivity (Wildman–Crippen MR) is 145 cm³/mol. The van der Waals surface area contributed by atoms with Gasteiger partial charge in [-0.2, -0.15) is 5.26 Å². The minimum absolute atomic E-state index is 0.0296. The number of nitriles is 1. The molecule has 0 aliphatic carbocycles. The Bertz CT molecular complexity index is 2050. The van der Waals surface area contributed by atoms with E-state index < -0.39 is 30.4 Å². The third-order valence-electron chi connectivity index (χ3n) is 6.72. The van der Waals surface area contributed by atoms with Crippen molar-refractivity contribution < 1.29 is 20.2 Å². The average molecular weight is 489 g/mol. The van der Waals surface area contributed by atoms with Crippen LogP contribution in [0, 0.1) is 30.9 Å². The molecule has 0 amide bonds. The molecule has 37 heavy (non-hydrogen) atoms. The molecule has 6 aromatic rings. The highest BCUT2D eigenvalue weighted by atomic mass is 19.1. The number of rotatable bonds is 3. The quantitative estimate of drug-likeness (QED) is 0.237. The number of hydrogen-bond acceptors (Lipinski definition) is 2. The van der Waals surface area contributed by atoms with Crippen LogP contribution in [0.2, 0.25) is 0 Å². The Hall–Kier alpha value is -4.75. The van der Waals surface area contributed by atoms with Gasteiger partial charge in [-0.15, -0.1) is 0 Å². The summed E-state index contributed by atoms with van der Waals surface area (Å²) < 4.78 is 63.3. The highest BCUT2D eigenvalue weighted by molar-refractivity contribution is 6.14. The summed E-state index contributed by atoms with van der Waals surface area (Å²) in [6.45, 7) is -1.11. The van der Waals surface area contributed by atoms with E-state index in [0.717, 1.165) is 22.1 Å². The van der Waals surface area contributed by atoms with Crippen molar-refractivity contribution in [1.82, 2.24) is 0 Å². The van der Waals surface area contributed by atoms with Gasteiger partial charge in [-0.05, 0) is 48.2 Å². The van der Waals surface area contributed by atoms with Gasteiger partial charge in [0, 0.05) is 32.1 Å². The minimum atomic E-state index is -2.90. The number of pyridine rings is 1. The molecular formula is C33H24FN2O+. The van der Waals surface area contributed by atoms with Crippen molar-refractivity contribution in [2.24, 2.45) is 7.05 Å². The van der Waals surface area contributed by atoms with Crippen molar-refractivity contribution in [2.45, 2.75) is 13.8 Å². The molecule has 0 saturated heterocycles. The number of hydrogen-bond donors (Lipinski definition) is 0. The van der Waals surface area contributed by atoms with Crippen LogP contribution in [0.25, 0.3) is 55.4 Å². The zero-order valence-corrected chi connectivity index (χ0v) is 20.2. The van der Waals surface area contributed by atoms with Gasteiger partial charge in [-0.3, -0.25) is 0 Å². The van der Waals surface area contributed by atoms with Crippen LogP contribution in [0.1, 0.15) is 23.5 Å². The Morgan fingerprint density at radius 1 is 0.838 bits per heavy atom. The van der Waals surface area contributed by atoms with Crippen molar-refractivity contribution in [2.75, 3.05) is 0 Å². The van der Waals surface area contributed by atoms with Gasteiger partial charge in [0.1, 0.15) is 25.4 Å². The summed E-state index contributed by atoms with van der Waals surface area (Å²) in [6.07, 6.45) is -0.544. The number of halogens is 1. The molecule has 2 heterocycles. The van der Waals surface area contributed by atoms with E-state index >= 15 is 4.39 Å². The van der Waals surface area contributed by atoms with Crippen LogP contribution in [0.3, 0.4) is 0 Å². The second kappa shape index (κ2) is 8.72. The Kier molecular flexibility index (Phi) is 4.16. The summed E-state index contributed by atoms with van der Waals surface area (Å²) in [5, 5.41) is 11.4. The topological polar surface area (TPSA) is 40.8 Å². The maximum absolute atomic E-state index is 15.4. The number of furan rings is 1. The average Bonchev–Trinajstić information content (AvgIpc) is 3.35. The van der Waals surface area contributed by atoms with Gasteiger partial charge in [0.15, 0.2) is 6.17 Å². The maximum atomic E-state index is 15.4. The molecule has 0 aliphatic rings. The summed E-state index contributed by atoms with van der Waals surface area (Å²) >= 11 is 0. The van der Waals surface area contributed by atoms with E-state index in [2.05, 4.69) is 6.07 Å². The molecule has 0 bridgehead atoms. The van der Waals surface area contributed by atoms with Gasteiger partial charge < -0.3 is 4.42 Å². The van der Waals surface area contributed by atoms with Gasteiger partial charge in [-0.1, -0.05) is 66.7 Å². The fourth-order valence-electron chi connectivity index (χ4n) is 4.89. The molecule has 3 nitrogen and oxygen atoms in total. The lowest BCUT2D eigenvalue weighted by molar-refractivity contribution is -0.661. The molecule has 0 unspecified atom stereocenters. The molecule has 0 spiro atoms. The van der Waals surface area contributed by atoms with Crippen molar-refractivity contribution in [3.63, 3.8) is 0 Å². The number of benzene rings is 4. The first-order valence-electron chi connectivity index (χ1n) is 14.3. The SMILES string of the molecule is [2H]c1c(F)c(C([2H])([2H])[2H])c([2H])[n+](C)c1-c1c(C)ccc2c1oc1c(-c3ccc(-c4ccccc4)cc3)c(C#N)ccc12. The summed E-state index contributed by atoms with van der Waals surface area (Å²) in [7, 11) is 1.44. The highest BCUT2D eigenvalue weighted by Gasteiger charge is 2.24. The molecule has 4 aromatic carbocycles. The molecule has 0 aliphatic heterocycles. The number of nitrogens with zero attached hydrogens (tertiary/aromatic N) is 2. The third-order valence-corrected chi connectivity index (χ3v) is 6.72. The lowest BCUT2D eigenvalue weighted by atomic mass is 9.95. The molecule has 0 saturated carbocycles. The molecule has 178 valence electrons. The number of fused-ring (bicyclic) bond motifs is 3. The zero-order valence-electron chi connectivity index (χ0n) is 25.2. The number of aromatic nitrogens is 1. The first kappa shape index (κ1) is 17.6. The normalized spacial score (nSPS) is 13.5. The van der Waals surface area contributed by atoms with Crippen molar-refractivity contribution in [3.8, 4) is 39.6 Å². The number of aryl methyl sites for hydroxylation is 1. The molecule has 0 atom stereocenters. The largest absolute Gasteiger partial charge is 0.454 e. The standard InChI is InChI=1S/C33H24FN2O/c1-20-9-15-26-27-16-14-25(18-35)31(24-12-10-23(11-13-24)22-7-5-4-6-8-22)33(27)37-32(26)30(20)29-17-28(34)21(2)19-36(29)3/h4-17,19H,1-3H3/q+1/i2D3,17D,19D. The minimum Gasteiger partial charge on any atom is -0.454 e. The fraction of sp³-hybridized carbons (Fsp3) is 0.0909. The van der Waals surface area contributed by atoms with Crippen LogP contribution in [-0.4, -0.2) is 0 Å². The monoisotopic (exact) mass is 488 g/mol. The highest BCUT2D eigenvalue weighted by Crippen LogP contribution is 2.42. The fourth-order valence-corrected chi connectivity index (χ4v) is 4.89. The Morgan fingerprint density at radius 2 is 1.49 bits per heavy atom. The lowest BCUT2D eigenvalue weighted by Gasteiger charge is -2.07. The van der Waals surface area contributed by atoms with Gasteiger partial charge in [0.05, 0.1) is 18.6 Å². The first-order chi connectivity index (χ1) is 20.0. The van der Waals surface area contributed by atoms with E-state index in [0.29, 0.717) is 38.8 Å². The first-order valence-corrected chi connectivity index (χ1v) is 11.8. The van der Waals surface area contributed by atoms with Crippen LogP contribution in [0.5, 0.6) is 0 Å². The summed E-state index contributed by atoms with van der Waals surface area (Å²) in [4.78, 5) is 0. The van der Waals surface area contributed by atoms with Gasteiger partial charge in [-0.25, -0.2) is 8.96 Å². The van der Waals surface area contributed by atoms with Crippen LogP contribution in [0.15, 0.2) is 95.5 Å². The van der Waals surface area contributed by atoms with Crippen LogP contribution >= 0.6 is 0 Å². The molecule has 4 heteroatoms. The van der Waals surface area contributed by atoms with E-state index in [1.54, 1.807) is 19.1 Å². The van der Waals surface area contributed by atoms with Crippen LogP contribution < -0.4 is 4.57 Å². The van der Waals surface area contributed by atoms with E-state index in [-0.39, 0.29) is 5.69 Å². The van der Waals surface area contributed by atoms with Crippen molar-refractivity contribution in [1.29, 1.82) is 5.26 Å². The van der Waals surface area contributed by atoms with Gasteiger partial charge in [0.2, 0.25) is 5.69 Å². The van der Waals surface area contributed by atoms with Crippen LogP contribution in [-0.2, 0) is 7.05 Å². The Morgan fingerprint density at radius 3 is 2.19 bits per heavy atom. The Balaban J connectivity index is 1.63. The Labute approximate surface area is 221 Å². The second-order valence-corrected chi connectivity index (χ2v) is 8.99. The third kappa shape index (κ3) is 3.68. The van der Waals surface area contributed by atoms with E-state index in [1.807, 2.05) is 66.7 Å². The van der Waals surface area contributed by atoms with Gasteiger partial charge in [0.25, 0.3) is 0 Å².